The van der Waals surface area contributed by atoms with Gasteiger partial charge in [-0.15, -0.1) is 11.8 Å². The summed E-state index contributed by atoms with van der Waals surface area (Å²) >= 11 is 3.45. The topological polar surface area (TPSA) is 62.2 Å². The number of fused-ring (bicyclic) bond motifs is 2. The van der Waals surface area contributed by atoms with Crippen molar-refractivity contribution in [3.63, 3.8) is 0 Å². The number of hydrogen-bond acceptors (Lipinski definition) is 7. The van der Waals surface area contributed by atoms with Gasteiger partial charge in [0.05, 0.1) is 21.3 Å². The lowest BCUT2D eigenvalue weighted by atomic mass is 10.1. The molecule has 6 nitrogen and oxygen atoms in total. The standard InChI is InChI=1S/C21H19N5OS2/c1-28-17-3-2-4-18-19(17)24-21(29-18)26-11-9-25(10-12-26)20(27)14-5-6-15-16(13-14)23-8-7-22-15/h2-8,13H,9-12H2,1H3. The molecule has 8 heteroatoms. The largest absolute Gasteiger partial charge is 0.345 e. The van der Waals surface area contributed by atoms with Crippen LogP contribution in [0, 0.1) is 0 Å². The van der Waals surface area contributed by atoms with Crippen LogP contribution in [0.4, 0.5) is 5.13 Å². The fourth-order valence-electron chi connectivity index (χ4n) is 3.59. The number of benzene rings is 2. The van der Waals surface area contributed by atoms with Crippen molar-refractivity contribution in [3.05, 3.63) is 54.4 Å². The Balaban J connectivity index is 1.31. The van der Waals surface area contributed by atoms with Crippen LogP contribution in [0.2, 0.25) is 0 Å². The second-order valence-corrected chi connectivity index (χ2v) is 8.70. The third-order valence-electron chi connectivity index (χ3n) is 5.14. The summed E-state index contributed by atoms with van der Waals surface area (Å²) in [5.74, 6) is 0.0474. The molecule has 1 fully saturated rings. The molecular weight excluding hydrogens is 402 g/mol. The highest BCUT2D eigenvalue weighted by Gasteiger charge is 2.24. The number of para-hydroxylation sites is 1. The van der Waals surface area contributed by atoms with Gasteiger partial charge in [0.2, 0.25) is 0 Å². The highest BCUT2D eigenvalue weighted by molar-refractivity contribution is 7.98. The summed E-state index contributed by atoms with van der Waals surface area (Å²) < 4.78 is 1.21. The van der Waals surface area contributed by atoms with Gasteiger partial charge in [0.15, 0.2) is 5.13 Å². The summed E-state index contributed by atoms with van der Waals surface area (Å²) in [7, 11) is 0. The molecule has 0 bridgehead atoms. The Hall–Kier alpha value is -2.71. The van der Waals surface area contributed by atoms with Crippen molar-refractivity contribution in [1.29, 1.82) is 0 Å². The van der Waals surface area contributed by atoms with E-state index >= 15 is 0 Å². The molecule has 5 rings (SSSR count). The number of aromatic nitrogens is 3. The molecule has 3 heterocycles. The van der Waals surface area contributed by atoms with Crippen LogP contribution in [0.25, 0.3) is 21.3 Å². The average molecular weight is 422 g/mol. The second-order valence-electron chi connectivity index (χ2n) is 6.84. The van der Waals surface area contributed by atoms with Crippen molar-refractivity contribution in [1.82, 2.24) is 19.9 Å². The van der Waals surface area contributed by atoms with Crippen LogP contribution in [0.5, 0.6) is 0 Å². The van der Waals surface area contributed by atoms with E-state index in [1.807, 2.05) is 23.1 Å². The first-order valence-corrected chi connectivity index (χ1v) is 11.5. The number of hydrogen-bond donors (Lipinski definition) is 0. The fourth-order valence-corrected chi connectivity index (χ4v) is 5.26. The monoisotopic (exact) mass is 421 g/mol. The Bertz CT molecular complexity index is 1200. The van der Waals surface area contributed by atoms with Crippen molar-refractivity contribution >= 4 is 55.4 Å². The Kier molecular flexibility index (Phi) is 4.81. The van der Waals surface area contributed by atoms with Crippen molar-refractivity contribution in [2.45, 2.75) is 4.90 Å². The summed E-state index contributed by atoms with van der Waals surface area (Å²) in [5, 5.41) is 1.04. The zero-order chi connectivity index (χ0) is 19.8. The van der Waals surface area contributed by atoms with Crippen LogP contribution in [-0.2, 0) is 0 Å². The molecule has 0 atom stereocenters. The number of thioether (sulfide) groups is 1. The molecule has 1 saturated heterocycles. The number of thiazole rings is 1. The highest BCUT2D eigenvalue weighted by atomic mass is 32.2. The summed E-state index contributed by atoms with van der Waals surface area (Å²) in [4.78, 5) is 31.8. The van der Waals surface area contributed by atoms with Gasteiger partial charge in [-0.1, -0.05) is 17.4 Å². The number of anilines is 1. The van der Waals surface area contributed by atoms with Gasteiger partial charge in [-0.05, 0) is 36.6 Å². The summed E-state index contributed by atoms with van der Waals surface area (Å²) in [6, 6.07) is 11.8. The van der Waals surface area contributed by atoms with Crippen LogP contribution in [0.3, 0.4) is 0 Å². The molecule has 0 spiro atoms. The smallest absolute Gasteiger partial charge is 0.254 e. The molecule has 0 saturated carbocycles. The SMILES string of the molecule is CSc1cccc2sc(N3CCN(C(=O)c4ccc5nccnc5c4)CC3)nc12. The fraction of sp³-hybridized carbons (Fsp3) is 0.238. The van der Waals surface area contributed by atoms with Crippen LogP contribution in [0.1, 0.15) is 10.4 Å². The van der Waals surface area contributed by atoms with Crippen molar-refractivity contribution in [2.75, 3.05) is 37.3 Å². The molecule has 1 aliphatic heterocycles. The normalized spacial score (nSPS) is 14.7. The molecular formula is C21H19N5OS2. The minimum Gasteiger partial charge on any atom is -0.345 e. The van der Waals surface area contributed by atoms with Gasteiger partial charge in [-0.3, -0.25) is 14.8 Å². The van der Waals surface area contributed by atoms with E-state index in [9.17, 15) is 4.79 Å². The molecule has 29 heavy (non-hydrogen) atoms. The lowest BCUT2D eigenvalue weighted by Gasteiger charge is -2.34. The van der Waals surface area contributed by atoms with Gasteiger partial charge in [-0.2, -0.15) is 0 Å². The van der Waals surface area contributed by atoms with Gasteiger partial charge < -0.3 is 9.80 Å². The molecule has 4 aromatic rings. The zero-order valence-corrected chi connectivity index (χ0v) is 17.5. The maximum absolute atomic E-state index is 13.0. The molecule has 0 radical (unpaired) electrons. The van der Waals surface area contributed by atoms with Gasteiger partial charge in [0.1, 0.15) is 0 Å². The van der Waals surface area contributed by atoms with Gasteiger partial charge in [0, 0.05) is 49.0 Å². The van der Waals surface area contributed by atoms with E-state index in [1.165, 1.54) is 9.60 Å². The van der Waals surface area contributed by atoms with Gasteiger partial charge >= 0.3 is 0 Å². The van der Waals surface area contributed by atoms with E-state index in [0.717, 1.165) is 34.8 Å². The first-order valence-electron chi connectivity index (χ1n) is 9.41. The number of nitrogens with zero attached hydrogens (tertiary/aromatic N) is 5. The highest BCUT2D eigenvalue weighted by Crippen LogP contribution is 2.34. The lowest BCUT2D eigenvalue weighted by molar-refractivity contribution is 0.0747. The van der Waals surface area contributed by atoms with E-state index in [-0.39, 0.29) is 5.91 Å². The number of carbonyl (C=O) groups is 1. The molecule has 0 unspecified atom stereocenters. The van der Waals surface area contributed by atoms with Gasteiger partial charge in [0.25, 0.3) is 5.91 Å². The number of piperazine rings is 1. The van der Waals surface area contributed by atoms with Crippen molar-refractivity contribution in [2.24, 2.45) is 0 Å². The predicted octanol–water partition coefficient (Wildman–Crippen LogP) is 3.92. The lowest BCUT2D eigenvalue weighted by Crippen LogP contribution is -2.48. The van der Waals surface area contributed by atoms with Crippen LogP contribution >= 0.6 is 23.1 Å². The van der Waals surface area contributed by atoms with E-state index in [4.69, 9.17) is 4.98 Å². The van der Waals surface area contributed by atoms with E-state index in [2.05, 4.69) is 39.3 Å². The van der Waals surface area contributed by atoms with E-state index in [1.54, 1.807) is 35.5 Å². The number of carbonyl (C=O) groups excluding carboxylic acids is 1. The molecule has 0 N–H and O–H groups in total. The Morgan fingerprint density at radius 2 is 1.83 bits per heavy atom. The molecule has 146 valence electrons. The van der Waals surface area contributed by atoms with Gasteiger partial charge in [-0.25, -0.2) is 4.98 Å². The Labute approximate surface area is 176 Å². The van der Waals surface area contributed by atoms with Crippen LogP contribution < -0.4 is 4.90 Å². The minimum atomic E-state index is 0.0474. The van der Waals surface area contributed by atoms with Crippen molar-refractivity contribution in [3.8, 4) is 0 Å². The second kappa shape index (κ2) is 7.61. The first-order chi connectivity index (χ1) is 14.2. The molecule has 2 aromatic heterocycles. The molecule has 0 aliphatic carbocycles. The maximum atomic E-state index is 13.0. The molecule has 1 amide bonds. The summed E-state index contributed by atoms with van der Waals surface area (Å²) in [6.45, 7) is 2.94. The molecule has 1 aliphatic rings. The van der Waals surface area contributed by atoms with E-state index < -0.39 is 0 Å². The quantitative estimate of drug-likeness (QED) is 0.467. The minimum absolute atomic E-state index is 0.0474. The predicted molar refractivity (Wildman–Crippen MR) is 119 cm³/mol. The maximum Gasteiger partial charge on any atom is 0.254 e. The Morgan fingerprint density at radius 1 is 1.03 bits per heavy atom. The first kappa shape index (κ1) is 18.3. The summed E-state index contributed by atoms with van der Waals surface area (Å²) in [6.07, 6.45) is 5.39. The average Bonchev–Trinajstić information content (AvgIpc) is 3.23. The molecule has 2 aromatic carbocycles. The summed E-state index contributed by atoms with van der Waals surface area (Å²) in [5.41, 5.74) is 3.29. The number of rotatable bonds is 3. The third kappa shape index (κ3) is 3.42. The van der Waals surface area contributed by atoms with Crippen molar-refractivity contribution < 1.29 is 4.79 Å². The third-order valence-corrected chi connectivity index (χ3v) is 6.99. The Morgan fingerprint density at radius 3 is 2.62 bits per heavy atom. The van der Waals surface area contributed by atoms with E-state index in [0.29, 0.717) is 18.7 Å². The number of amides is 1. The van der Waals surface area contributed by atoms with Crippen LogP contribution in [-0.4, -0.2) is 58.2 Å². The van der Waals surface area contributed by atoms with Crippen LogP contribution in [0.15, 0.2) is 53.7 Å². The zero-order valence-electron chi connectivity index (χ0n) is 15.9.